The van der Waals surface area contributed by atoms with E-state index in [2.05, 4.69) is 0 Å². The minimum Gasteiger partial charge on any atom is -0.299 e. The first-order valence-corrected chi connectivity index (χ1v) is 4.73. The summed E-state index contributed by atoms with van der Waals surface area (Å²) in [6.45, 7) is 3.99. The van der Waals surface area contributed by atoms with Gasteiger partial charge in [-0.3, -0.25) is 4.79 Å². The van der Waals surface area contributed by atoms with Gasteiger partial charge in [0.05, 0.1) is 0 Å². The van der Waals surface area contributed by atoms with Crippen LogP contribution in [-0.2, 0) is 4.79 Å². The average molecular weight is 154 g/mol. The summed E-state index contributed by atoms with van der Waals surface area (Å²) in [6.07, 6.45) is 6.11. The zero-order valence-corrected chi connectivity index (χ0v) is 7.60. The van der Waals surface area contributed by atoms with E-state index < -0.39 is 0 Å². The normalized spacial score (nSPS) is 19.5. The second-order valence-electron chi connectivity index (χ2n) is 3.98. The standard InChI is InChI=1S/C10H18O/c1-8(2)10(11)7-9-5-3-4-6-9/h8-9H,3-7H2,1-2H3. The molecule has 0 aliphatic heterocycles. The molecular formula is C10H18O. The predicted octanol–water partition coefficient (Wildman–Crippen LogP) is 2.79. The van der Waals surface area contributed by atoms with Crippen molar-refractivity contribution in [1.82, 2.24) is 0 Å². The molecule has 0 aromatic carbocycles. The SMILES string of the molecule is CC(C)C(=O)CC1CCCC1. The number of carbonyl (C=O) groups is 1. The van der Waals surface area contributed by atoms with Gasteiger partial charge in [-0.05, 0) is 5.92 Å². The molecule has 0 N–H and O–H groups in total. The lowest BCUT2D eigenvalue weighted by Gasteiger charge is -2.09. The van der Waals surface area contributed by atoms with E-state index in [1.54, 1.807) is 0 Å². The van der Waals surface area contributed by atoms with E-state index in [9.17, 15) is 4.79 Å². The van der Waals surface area contributed by atoms with Gasteiger partial charge in [0.2, 0.25) is 0 Å². The van der Waals surface area contributed by atoms with E-state index in [1.165, 1.54) is 25.7 Å². The Labute approximate surface area is 69.2 Å². The Bertz CT molecular complexity index is 132. The van der Waals surface area contributed by atoms with E-state index >= 15 is 0 Å². The van der Waals surface area contributed by atoms with Crippen LogP contribution in [0.25, 0.3) is 0 Å². The summed E-state index contributed by atoms with van der Waals surface area (Å²) in [5, 5.41) is 0. The van der Waals surface area contributed by atoms with Crippen LogP contribution in [-0.4, -0.2) is 5.78 Å². The van der Waals surface area contributed by atoms with Gasteiger partial charge >= 0.3 is 0 Å². The lowest BCUT2D eigenvalue weighted by Crippen LogP contribution is -2.11. The van der Waals surface area contributed by atoms with Crippen molar-refractivity contribution in [3.05, 3.63) is 0 Å². The van der Waals surface area contributed by atoms with Gasteiger partial charge in [-0.15, -0.1) is 0 Å². The Hall–Kier alpha value is -0.330. The fourth-order valence-corrected chi connectivity index (χ4v) is 1.73. The maximum Gasteiger partial charge on any atom is 0.135 e. The first-order valence-electron chi connectivity index (χ1n) is 4.73. The van der Waals surface area contributed by atoms with Crippen LogP contribution in [0, 0.1) is 11.8 Å². The maximum atomic E-state index is 11.3. The number of rotatable bonds is 3. The molecule has 0 spiro atoms. The highest BCUT2D eigenvalue weighted by atomic mass is 16.1. The van der Waals surface area contributed by atoms with Crippen molar-refractivity contribution in [2.75, 3.05) is 0 Å². The number of Topliss-reactive ketones (excluding diaryl/α,β-unsaturated/α-hetero) is 1. The van der Waals surface area contributed by atoms with Gasteiger partial charge in [0.1, 0.15) is 5.78 Å². The van der Waals surface area contributed by atoms with Crippen molar-refractivity contribution in [2.45, 2.75) is 46.0 Å². The quantitative estimate of drug-likeness (QED) is 0.611. The van der Waals surface area contributed by atoms with E-state index in [-0.39, 0.29) is 5.92 Å². The second kappa shape index (κ2) is 3.89. The van der Waals surface area contributed by atoms with Gasteiger partial charge in [-0.25, -0.2) is 0 Å². The van der Waals surface area contributed by atoms with Crippen LogP contribution in [0.3, 0.4) is 0 Å². The fraction of sp³-hybridized carbons (Fsp3) is 0.900. The Balaban J connectivity index is 2.24. The molecular weight excluding hydrogens is 136 g/mol. The second-order valence-corrected chi connectivity index (χ2v) is 3.98. The summed E-state index contributed by atoms with van der Waals surface area (Å²) in [5.74, 6) is 1.43. The lowest BCUT2D eigenvalue weighted by atomic mass is 9.95. The molecule has 0 heterocycles. The molecule has 0 amide bonds. The minimum atomic E-state index is 0.246. The van der Waals surface area contributed by atoms with Gasteiger partial charge in [-0.2, -0.15) is 0 Å². The Morgan fingerprint density at radius 3 is 2.36 bits per heavy atom. The summed E-state index contributed by atoms with van der Waals surface area (Å²) >= 11 is 0. The van der Waals surface area contributed by atoms with Crippen LogP contribution in [0.5, 0.6) is 0 Å². The van der Waals surface area contributed by atoms with Crippen molar-refractivity contribution in [3.63, 3.8) is 0 Å². The molecule has 1 rings (SSSR count). The van der Waals surface area contributed by atoms with E-state index in [4.69, 9.17) is 0 Å². The van der Waals surface area contributed by atoms with Gasteiger partial charge in [0, 0.05) is 12.3 Å². The third-order valence-electron chi connectivity index (χ3n) is 2.61. The highest BCUT2D eigenvalue weighted by Crippen LogP contribution is 2.28. The van der Waals surface area contributed by atoms with Crippen molar-refractivity contribution < 1.29 is 4.79 Å². The molecule has 0 saturated heterocycles. The minimum absolute atomic E-state index is 0.246. The maximum absolute atomic E-state index is 11.3. The molecule has 0 atom stereocenters. The Morgan fingerprint density at radius 2 is 1.91 bits per heavy atom. The van der Waals surface area contributed by atoms with Crippen molar-refractivity contribution in [2.24, 2.45) is 11.8 Å². The number of hydrogen-bond acceptors (Lipinski definition) is 1. The lowest BCUT2D eigenvalue weighted by molar-refractivity contribution is -0.122. The highest BCUT2D eigenvalue weighted by molar-refractivity contribution is 5.80. The van der Waals surface area contributed by atoms with Crippen LogP contribution < -0.4 is 0 Å². The third-order valence-corrected chi connectivity index (χ3v) is 2.61. The number of carbonyl (C=O) groups excluding carboxylic acids is 1. The largest absolute Gasteiger partial charge is 0.299 e. The van der Waals surface area contributed by atoms with Crippen molar-refractivity contribution >= 4 is 5.78 Å². The van der Waals surface area contributed by atoms with Crippen LogP contribution in [0.1, 0.15) is 46.0 Å². The monoisotopic (exact) mass is 154 g/mol. The Morgan fingerprint density at radius 1 is 1.36 bits per heavy atom. The molecule has 1 heteroatoms. The predicted molar refractivity (Wildman–Crippen MR) is 46.4 cm³/mol. The summed E-state index contributed by atoms with van der Waals surface area (Å²) in [5.41, 5.74) is 0. The summed E-state index contributed by atoms with van der Waals surface area (Å²) in [7, 11) is 0. The van der Waals surface area contributed by atoms with Gasteiger partial charge in [0.15, 0.2) is 0 Å². The molecule has 1 aliphatic rings. The van der Waals surface area contributed by atoms with E-state index in [0.717, 1.165) is 12.3 Å². The molecule has 0 radical (unpaired) electrons. The van der Waals surface area contributed by atoms with E-state index in [1.807, 2.05) is 13.8 Å². The van der Waals surface area contributed by atoms with Gasteiger partial charge in [0.25, 0.3) is 0 Å². The first kappa shape index (κ1) is 8.76. The zero-order chi connectivity index (χ0) is 8.27. The molecule has 64 valence electrons. The molecule has 1 saturated carbocycles. The first-order chi connectivity index (χ1) is 5.20. The molecule has 0 bridgehead atoms. The topological polar surface area (TPSA) is 17.1 Å². The molecule has 0 unspecified atom stereocenters. The third kappa shape index (κ3) is 2.64. The van der Waals surface area contributed by atoms with E-state index in [0.29, 0.717) is 5.78 Å². The Kier molecular flexibility index (Phi) is 3.10. The van der Waals surface area contributed by atoms with Crippen LogP contribution >= 0.6 is 0 Å². The molecule has 1 fully saturated rings. The summed E-state index contributed by atoms with van der Waals surface area (Å²) in [4.78, 5) is 11.3. The van der Waals surface area contributed by atoms with Crippen LogP contribution in [0.15, 0.2) is 0 Å². The average Bonchev–Trinajstić information content (AvgIpc) is 2.39. The number of hydrogen-bond donors (Lipinski definition) is 0. The van der Waals surface area contributed by atoms with Gasteiger partial charge < -0.3 is 0 Å². The zero-order valence-electron chi connectivity index (χ0n) is 7.60. The summed E-state index contributed by atoms with van der Waals surface area (Å²) < 4.78 is 0. The fourth-order valence-electron chi connectivity index (χ4n) is 1.73. The molecule has 0 aromatic heterocycles. The number of ketones is 1. The smallest absolute Gasteiger partial charge is 0.135 e. The van der Waals surface area contributed by atoms with Crippen molar-refractivity contribution in [3.8, 4) is 0 Å². The van der Waals surface area contributed by atoms with Gasteiger partial charge in [-0.1, -0.05) is 39.5 Å². The molecule has 1 aliphatic carbocycles. The van der Waals surface area contributed by atoms with Crippen LogP contribution in [0.2, 0.25) is 0 Å². The van der Waals surface area contributed by atoms with Crippen molar-refractivity contribution in [1.29, 1.82) is 0 Å². The highest BCUT2D eigenvalue weighted by Gasteiger charge is 2.19. The summed E-state index contributed by atoms with van der Waals surface area (Å²) in [6, 6.07) is 0. The van der Waals surface area contributed by atoms with Crippen LogP contribution in [0.4, 0.5) is 0 Å². The molecule has 1 nitrogen and oxygen atoms in total. The molecule has 11 heavy (non-hydrogen) atoms. The molecule has 0 aromatic rings.